The molecule has 144 valence electrons. The Balaban J connectivity index is 1.96. The topological polar surface area (TPSA) is 57.6 Å². The monoisotopic (exact) mass is 407 g/mol. The van der Waals surface area contributed by atoms with Gasteiger partial charge in [0, 0.05) is 16.3 Å². The van der Waals surface area contributed by atoms with Crippen LogP contribution in [-0.2, 0) is 9.59 Å². The fraction of sp³-hybridized carbons (Fsp3) is 0.0435. The average Bonchev–Trinajstić information content (AvgIpc) is 2.99. The maximum absolute atomic E-state index is 13.5. The van der Waals surface area contributed by atoms with Crippen LogP contribution in [0.25, 0.3) is 5.76 Å². The number of rotatable bonds is 3. The first kappa shape index (κ1) is 18.9. The summed E-state index contributed by atoms with van der Waals surface area (Å²) < 4.78 is 13.5. The maximum Gasteiger partial charge on any atom is 0.300 e. The number of ketones is 1. The van der Waals surface area contributed by atoms with Crippen molar-refractivity contribution in [2.24, 2.45) is 0 Å². The Morgan fingerprint density at radius 2 is 1.62 bits per heavy atom. The van der Waals surface area contributed by atoms with Crippen molar-refractivity contribution in [3.05, 3.63) is 106 Å². The molecular formula is C23H15ClFNO3. The standard InChI is InChI=1S/C23H15ClFNO3/c24-16-7-4-8-18(13-16)26-20(14-9-11-17(25)12-10-14)19(22(28)23(26)29)21(27)15-5-2-1-3-6-15/h1-13,20,27H/t20-/m1/s1. The molecule has 1 aliphatic rings. The lowest BCUT2D eigenvalue weighted by atomic mass is 9.95. The summed E-state index contributed by atoms with van der Waals surface area (Å²) in [5, 5.41) is 11.3. The van der Waals surface area contributed by atoms with E-state index in [9.17, 15) is 19.1 Å². The minimum atomic E-state index is -0.922. The molecule has 0 unspecified atom stereocenters. The molecule has 4 rings (SSSR count). The molecule has 0 bridgehead atoms. The van der Waals surface area contributed by atoms with Crippen LogP contribution in [0.1, 0.15) is 17.2 Å². The summed E-state index contributed by atoms with van der Waals surface area (Å²) >= 11 is 6.08. The molecule has 1 N–H and O–H groups in total. The molecule has 0 spiro atoms. The van der Waals surface area contributed by atoms with Crippen LogP contribution in [0, 0.1) is 5.82 Å². The SMILES string of the molecule is O=C1C(=O)N(c2cccc(Cl)c2)[C@H](c2ccc(F)cc2)C1=C(O)c1ccccc1. The minimum Gasteiger partial charge on any atom is -0.507 e. The molecule has 1 atom stereocenters. The number of anilines is 1. The van der Waals surface area contributed by atoms with E-state index >= 15 is 0 Å². The number of halogens is 2. The highest BCUT2D eigenvalue weighted by Gasteiger charge is 2.46. The van der Waals surface area contributed by atoms with Gasteiger partial charge in [0.1, 0.15) is 11.6 Å². The number of carbonyl (C=O) groups excluding carboxylic acids is 2. The Morgan fingerprint density at radius 3 is 2.28 bits per heavy atom. The van der Waals surface area contributed by atoms with E-state index in [0.29, 0.717) is 21.8 Å². The first-order valence-corrected chi connectivity index (χ1v) is 9.22. The predicted molar refractivity (Wildman–Crippen MR) is 109 cm³/mol. The fourth-order valence-corrected chi connectivity index (χ4v) is 3.62. The summed E-state index contributed by atoms with van der Waals surface area (Å²) in [6, 6.07) is 19.6. The van der Waals surface area contributed by atoms with Crippen LogP contribution in [0.15, 0.2) is 84.4 Å². The van der Waals surface area contributed by atoms with Gasteiger partial charge in [0.05, 0.1) is 11.6 Å². The molecule has 1 amide bonds. The average molecular weight is 408 g/mol. The highest BCUT2D eigenvalue weighted by molar-refractivity contribution is 6.51. The lowest BCUT2D eigenvalue weighted by molar-refractivity contribution is -0.132. The Labute approximate surface area is 171 Å². The van der Waals surface area contributed by atoms with E-state index in [4.69, 9.17) is 11.6 Å². The molecule has 1 saturated heterocycles. The van der Waals surface area contributed by atoms with E-state index in [-0.39, 0.29) is 11.3 Å². The van der Waals surface area contributed by atoms with Crippen molar-refractivity contribution < 1.29 is 19.1 Å². The van der Waals surface area contributed by atoms with Crippen LogP contribution in [0.5, 0.6) is 0 Å². The molecule has 0 radical (unpaired) electrons. The summed E-state index contributed by atoms with van der Waals surface area (Å²) in [5.74, 6) is -2.35. The van der Waals surface area contributed by atoms with Gasteiger partial charge < -0.3 is 5.11 Å². The van der Waals surface area contributed by atoms with Crippen LogP contribution in [0.2, 0.25) is 5.02 Å². The van der Waals surface area contributed by atoms with E-state index in [1.165, 1.54) is 29.2 Å². The Hall–Kier alpha value is -3.44. The molecule has 1 fully saturated rings. The molecule has 0 aliphatic carbocycles. The molecule has 3 aromatic carbocycles. The lowest BCUT2D eigenvalue weighted by Gasteiger charge is -2.25. The van der Waals surface area contributed by atoms with Gasteiger partial charge in [-0.1, -0.05) is 60.1 Å². The molecule has 3 aromatic rings. The summed E-state index contributed by atoms with van der Waals surface area (Å²) in [5.41, 5.74) is 1.24. The van der Waals surface area contributed by atoms with Crippen LogP contribution in [-0.4, -0.2) is 16.8 Å². The lowest BCUT2D eigenvalue weighted by Crippen LogP contribution is -2.29. The third-order valence-electron chi connectivity index (χ3n) is 4.76. The number of benzene rings is 3. The maximum atomic E-state index is 13.5. The first-order chi connectivity index (χ1) is 14.0. The van der Waals surface area contributed by atoms with Crippen LogP contribution in [0.3, 0.4) is 0 Å². The smallest absolute Gasteiger partial charge is 0.300 e. The molecule has 0 aromatic heterocycles. The summed E-state index contributed by atoms with van der Waals surface area (Å²) in [4.78, 5) is 27.1. The van der Waals surface area contributed by atoms with Crippen molar-refractivity contribution in [2.75, 3.05) is 4.90 Å². The zero-order valence-corrected chi connectivity index (χ0v) is 15.8. The number of aliphatic hydroxyl groups is 1. The number of Topliss-reactive ketones (excluding diaryl/α,β-unsaturated/α-hetero) is 1. The number of amides is 1. The van der Waals surface area contributed by atoms with Gasteiger partial charge in [-0.2, -0.15) is 0 Å². The van der Waals surface area contributed by atoms with E-state index in [2.05, 4.69) is 0 Å². The zero-order chi connectivity index (χ0) is 20.5. The van der Waals surface area contributed by atoms with Gasteiger partial charge in [-0.3, -0.25) is 14.5 Å². The second-order valence-corrected chi connectivity index (χ2v) is 7.00. The van der Waals surface area contributed by atoms with Gasteiger partial charge in [-0.05, 0) is 35.9 Å². The van der Waals surface area contributed by atoms with Gasteiger partial charge >= 0.3 is 0 Å². The van der Waals surface area contributed by atoms with Gasteiger partial charge in [0.15, 0.2) is 0 Å². The van der Waals surface area contributed by atoms with Crippen molar-refractivity contribution in [1.82, 2.24) is 0 Å². The van der Waals surface area contributed by atoms with Crippen molar-refractivity contribution in [1.29, 1.82) is 0 Å². The summed E-state index contributed by atoms with van der Waals surface area (Å²) in [6.07, 6.45) is 0. The molecule has 6 heteroatoms. The number of carbonyl (C=O) groups is 2. The Morgan fingerprint density at radius 1 is 0.931 bits per heavy atom. The summed E-state index contributed by atoms with van der Waals surface area (Å²) in [7, 11) is 0. The van der Waals surface area contributed by atoms with Gasteiger partial charge in [-0.25, -0.2) is 4.39 Å². The van der Waals surface area contributed by atoms with Gasteiger partial charge in [0.2, 0.25) is 0 Å². The fourth-order valence-electron chi connectivity index (χ4n) is 3.44. The van der Waals surface area contributed by atoms with E-state index in [1.807, 2.05) is 0 Å². The van der Waals surface area contributed by atoms with Crippen molar-refractivity contribution in [3.63, 3.8) is 0 Å². The van der Waals surface area contributed by atoms with Crippen molar-refractivity contribution in [2.45, 2.75) is 6.04 Å². The normalized spacial score (nSPS) is 18.3. The second kappa shape index (κ2) is 7.53. The van der Waals surface area contributed by atoms with Gasteiger partial charge in [-0.15, -0.1) is 0 Å². The minimum absolute atomic E-state index is 0.0622. The van der Waals surface area contributed by atoms with Crippen molar-refractivity contribution in [3.8, 4) is 0 Å². The van der Waals surface area contributed by atoms with E-state index < -0.39 is 23.5 Å². The summed E-state index contributed by atoms with van der Waals surface area (Å²) in [6.45, 7) is 0. The van der Waals surface area contributed by atoms with Crippen LogP contribution < -0.4 is 4.90 Å². The zero-order valence-electron chi connectivity index (χ0n) is 15.0. The largest absolute Gasteiger partial charge is 0.507 e. The Bertz CT molecular complexity index is 1130. The molecule has 4 nitrogen and oxygen atoms in total. The predicted octanol–water partition coefficient (Wildman–Crippen LogP) is 5.11. The third-order valence-corrected chi connectivity index (χ3v) is 5.00. The third kappa shape index (κ3) is 3.41. The molecular weight excluding hydrogens is 393 g/mol. The van der Waals surface area contributed by atoms with E-state index in [0.717, 1.165) is 0 Å². The van der Waals surface area contributed by atoms with Crippen LogP contribution in [0.4, 0.5) is 10.1 Å². The first-order valence-electron chi connectivity index (χ1n) is 8.85. The van der Waals surface area contributed by atoms with Gasteiger partial charge in [0.25, 0.3) is 11.7 Å². The Kier molecular flexibility index (Phi) is 4.91. The highest BCUT2D eigenvalue weighted by Crippen LogP contribution is 2.42. The number of nitrogens with zero attached hydrogens (tertiary/aromatic N) is 1. The molecule has 1 aliphatic heterocycles. The molecule has 0 saturated carbocycles. The number of hydrogen-bond acceptors (Lipinski definition) is 3. The number of aliphatic hydroxyl groups excluding tert-OH is 1. The van der Waals surface area contributed by atoms with Crippen LogP contribution >= 0.6 is 11.6 Å². The molecule has 29 heavy (non-hydrogen) atoms. The highest BCUT2D eigenvalue weighted by atomic mass is 35.5. The quantitative estimate of drug-likeness (QED) is 0.373. The van der Waals surface area contributed by atoms with E-state index in [1.54, 1.807) is 54.6 Å². The second-order valence-electron chi connectivity index (χ2n) is 6.57. The van der Waals surface area contributed by atoms with Crippen molar-refractivity contribution >= 4 is 34.7 Å². The number of hydrogen-bond donors (Lipinski definition) is 1. The molecule has 1 heterocycles.